The second-order valence-electron chi connectivity index (χ2n) is 2.97. The van der Waals surface area contributed by atoms with E-state index in [2.05, 4.69) is 0 Å². The lowest BCUT2D eigenvalue weighted by Gasteiger charge is -2.09. The molecule has 0 aliphatic heterocycles. The second kappa shape index (κ2) is 4.91. The molecule has 0 rings (SSSR count). The van der Waals surface area contributed by atoms with Gasteiger partial charge in [0.1, 0.15) is 0 Å². The van der Waals surface area contributed by atoms with E-state index in [-0.39, 0.29) is 6.16 Å². The van der Waals surface area contributed by atoms with Crippen LogP contribution < -0.4 is 0 Å². The van der Waals surface area contributed by atoms with Crippen LogP contribution in [-0.2, 0) is 4.57 Å². The maximum absolute atomic E-state index is 11.0. The molecule has 0 fully saturated rings. The van der Waals surface area contributed by atoms with E-state index < -0.39 is 5.85 Å². The van der Waals surface area contributed by atoms with Gasteiger partial charge in [-0.15, -0.1) is 0 Å². The Kier molecular flexibility index (Phi) is 5.25. The van der Waals surface area contributed by atoms with Crippen LogP contribution in [0.2, 0.25) is 0 Å². The summed E-state index contributed by atoms with van der Waals surface area (Å²) < 4.78 is 11.0. The Balaban J connectivity index is 4.49. The van der Waals surface area contributed by atoms with E-state index in [1.807, 2.05) is 20.8 Å². The molecule has 0 N–H and O–H groups in total. The fraction of sp³-hybridized carbons (Fsp3) is 0.714. The van der Waals surface area contributed by atoms with E-state index in [0.29, 0.717) is 11.0 Å². The summed E-state index contributed by atoms with van der Waals surface area (Å²) >= 11 is 16.6. The van der Waals surface area contributed by atoms with E-state index >= 15 is 0 Å². The molecule has 0 bridgehead atoms. The highest BCUT2D eigenvalue weighted by Crippen LogP contribution is 2.58. The number of hydrogen-bond donors (Lipinski definition) is 0. The van der Waals surface area contributed by atoms with Crippen molar-refractivity contribution in [3.8, 4) is 0 Å². The third-order valence-corrected chi connectivity index (χ3v) is 3.64. The van der Waals surface area contributed by atoms with Gasteiger partial charge in [-0.1, -0.05) is 31.0 Å². The maximum atomic E-state index is 11.0. The number of hydrogen-bond acceptors (Lipinski definition) is 1. The van der Waals surface area contributed by atoms with Crippen molar-refractivity contribution in [3.05, 3.63) is 10.6 Å². The lowest BCUT2D eigenvalue weighted by molar-refractivity contribution is 0.594. The van der Waals surface area contributed by atoms with Crippen molar-refractivity contribution >= 4 is 39.9 Å². The van der Waals surface area contributed by atoms with Gasteiger partial charge in [0, 0.05) is 5.03 Å². The zero-order valence-corrected chi connectivity index (χ0v) is 10.4. The Bertz CT molecular complexity index is 229. The first-order valence-electron chi connectivity index (χ1n) is 3.57. The van der Waals surface area contributed by atoms with Gasteiger partial charge in [0.2, 0.25) is 0 Å². The van der Waals surface area contributed by atoms with Crippen molar-refractivity contribution in [2.24, 2.45) is 5.92 Å². The van der Waals surface area contributed by atoms with Gasteiger partial charge in [-0.3, -0.25) is 4.57 Å². The Hall–Kier alpha value is 0.840. The van der Waals surface area contributed by atoms with Crippen LogP contribution in [0.15, 0.2) is 10.6 Å². The molecule has 12 heavy (non-hydrogen) atoms. The van der Waals surface area contributed by atoms with Gasteiger partial charge in [-0.2, -0.15) is 0 Å². The lowest BCUT2D eigenvalue weighted by Crippen LogP contribution is -1.94. The van der Waals surface area contributed by atoms with Crippen LogP contribution in [0.25, 0.3) is 0 Å². The molecule has 0 unspecified atom stereocenters. The molecule has 0 aliphatic carbocycles. The smallest absolute Gasteiger partial charge is 0.258 e. The van der Waals surface area contributed by atoms with Gasteiger partial charge >= 0.3 is 0 Å². The SMILES string of the molecule is C/C(=C(\Cl)CP(=O)(Cl)Cl)C(C)C. The van der Waals surface area contributed by atoms with E-state index in [4.69, 9.17) is 34.1 Å². The molecule has 0 amide bonds. The Labute approximate surface area is 88.0 Å². The number of halogens is 3. The van der Waals surface area contributed by atoms with Crippen LogP contribution >= 0.6 is 39.9 Å². The van der Waals surface area contributed by atoms with E-state index in [1.165, 1.54) is 0 Å². The third kappa shape index (κ3) is 5.48. The minimum atomic E-state index is -3.06. The van der Waals surface area contributed by atoms with Crippen molar-refractivity contribution in [1.29, 1.82) is 0 Å². The Morgan fingerprint density at radius 2 is 1.83 bits per heavy atom. The van der Waals surface area contributed by atoms with E-state index in [9.17, 15) is 4.57 Å². The van der Waals surface area contributed by atoms with Crippen molar-refractivity contribution in [2.75, 3.05) is 6.16 Å². The minimum absolute atomic E-state index is 0.0711. The van der Waals surface area contributed by atoms with Crippen LogP contribution in [0, 0.1) is 5.92 Å². The molecule has 1 nitrogen and oxygen atoms in total. The van der Waals surface area contributed by atoms with Crippen molar-refractivity contribution in [2.45, 2.75) is 20.8 Å². The summed E-state index contributed by atoms with van der Waals surface area (Å²) in [5.74, 6) is -2.73. The molecular weight excluding hydrogens is 237 g/mol. The average molecular weight is 250 g/mol. The van der Waals surface area contributed by atoms with Gasteiger partial charge in [-0.25, -0.2) is 0 Å². The van der Waals surface area contributed by atoms with Crippen LogP contribution in [0.4, 0.5) is 0 Å². The largest absolute Gasteiger partial charge is 0.289 e. The van der Waals surface area contributed by atoms with Gasteiger partial charge in [0.05, 0.1) is 6.16 Å². The Morgan fingerprint density at radius 1 is 1.42 bits per heavy atom. The molecule has 0 aromatic rings. The molecule has 72 valence electrons. The molecule has 5 heteroatoms. The molecule has 0 aliphatic rings. The third-order valence-electron chi connectivity index (χ3n) is 1.62. The zero-order valence-electron chi connectivity index (χ0n) is 7.27. The maximum Gasteiger partial charge on any atom is 0.258 e. The van der Waals surface area contributed by atoms with E-state index in [1.54, 1.807) is 0 Å². The first-order valence-corrected chi connectivity index (χ1v) is 7.65. The van der Waals surface area contributed by atoms with Gasteiger partial charge < -0.3 is 0 Å². The monoisotopic (exact) mass is 248 g/mol. The topological polar surface area (TPSA) is 17.1 Å². The minimum Gasteiger partial charge on any atom is -0.289 e. The van der Waals surface area contributed by atoms with Gasteiger partial charge in [0.25, 0.3) is 5.85 Å². The van der Waals surface area contributed by atoms with Crippen LogP contribution in [0.1, 0.15) is 20.8 Å². The average Bonchev–Trinajstić information content (AvgIpc) is 1.82. The molecule has 0 atom stereocenters. The molecule has 0 saturated carbocycles. The van der Waals surface area contributed by atoms with Crippen LogP contribution in [0.3, 0.4) is 0 Å². The first kappa shape index (κ1) is 12.8. The summed E-state index contributed by atoms with van der Waals surface area (Å²) in [5, 5.41) is 0.512. The highest BCUT2D eigenvalue weighted by atomic mass is 35.9. The van der Waals surface area contributed by atoms with Crippen molar-refractivity contribution in [3.63, 3.8) is 0 Å². The van der Waals surface area contributed by atoms with Crippen molar-refractivity contribution in [1.82, 2.24) is 0 Å². The highest BCUT2D eigenvalue weighted by Gasteiger charge is 2.17. The number of rotatable bonds is 3. The van der Waals surface area contributed by atoms with E-state index in [0.717, 1.165) is 5.57 Å². The summed E-state index contributed by atoms with van der Waals surface area (Å²) in [5.41, 5.74) is 0.984. The quantitative estimate of drug-likeness (QED) is 0.655. The molecular formula is C7H12Cl3OP. The summed E-state index contributed by atoms with van der Waals surface area (Å²) in [4.78, 5) is 0. The zero-order chi connectivity index (χ0) is 9.94. The standard InChI is InChI=1S/C7H12Cl3OP/c1-5(2)6(3)7(8)4-12(9,10)11/h5H,4H2,1-3H3/b7-6+. The van der Waals surface area contributed by atoms with Gasteiger partial charge in [-0.05, 0) is 35.3 Å². The second-order valence-corrected chi connectivity index (χ2v) is 8.68. The highest BCUT2D eigenvalue weighted by molar-refractivity contribution is 8.08. The van der Waals surface area contributed by atoms with Crippen LogP contribution in [-0.4, -0.2) is 6.16 Å². The summed E-state index contributed by atoms with van der Waals surface area (Å²) in [6.45, 7) is 5.90. The Morgan fingerprint density at radius 3 is 2.08 bits per heavy atom. The van der Waals surface area contributed by atoms with Crippen molar-refractivity contribution < 1.29 is 4.57 Å². The molecule has 0 heterocycles. The predicted octanol–water partition coefficient (Wildman–Crippen LogP) is 4.83. The molecule has 0 saturated heterocycles. The molecule has 0 radical (unpaired) electrons. The summed E-state index contributed by atoms with van der Waals surface area (Å²) in [6.07, 6.45) is 0.0711. The fourth-order valence-electron chi connectivity index (χ4n) is 0.600. The summed E-state index contributed by atoms with van der Waals surface area (Å²) in [6, 6.07) is 0. The predicted molar refractivity (Wildman–Crippen MR) is 57.6 cm³/mol. The number of allylic oxidation sites excluding steroid dienone is 2. The molecule has 0 aromatic carbocycles. The lowest BCUT2D eigenvalue weighted by atomic mass is 10.1. The van der Waals surface area contributed by atoms with Crippen LogP contribution in [0.5, 0.6) is 0 Å². The van der Waals surface area contributed by atoms with Gasteiger partial charge in [0.15, 0.2) is 0 Å². The molecule has 0 aromatic heterocycles. The molecule has 0 spiro atoms. The fourth-order valence-corrected chi connectivity index (χ4v) is 2.98. The first-order chi connectivity index (χ1) is 5.24. The normalized spacial score (nSPS) is 14.9. The summed E-state index contributed by atoms with van der Waals surface area (Å²) in [7, 11) is 0.